The fourth-order valence-corrected chi connectivity index (χ4v) is 2.60. The predicted octanol–water partition coefficient (Wildman–Crippen LogP) is 2.84. The van der Waals surface area contributed by atoms with Crippen molar-refractivity contribution in [3.8, 4) is 0 Å². The Kier molecular flexibility index (Phi) is 4.04. The molecule has 2 N–H and O–H groups in total. The summed E-state index contributed by atoms with van der Waals surface area (Å²) in [5.74, 6) is 1.16. The number of carbonyl (C=O) groups is 1. The van der Waals surface area contributed by atoms with E-state index in [2.05, 4.69) is 0 Å². The Labute approximate surface area is 116 Å². The second-order valence-electron chi connectivity index (χ2n) is 4.63. The molecule has 0 saturated heterocycles. The summed E-state index contributed by atoms with van der Waals surface area (Å²) < 4.78 is 5.58. The van der Waals surface area contributed by atoms with Gasteiger partial charge < -0.3 is 15.1 Å². The van der Waals surface area contributed by atoms with E-state index in [1.54, 1.807) is 48.0 Å². The first-order chi connectivity index (χ1) is 9.02. The average molecular weight is 278 g/mol. The molecule has 0 aliphatic heterocycles. The quantitative estimate of drug-likeness (QED) is 0.874. The van der Waals surface area contributed by atoms with E-state index in [1.165, 1.54) is 0 Å². The zero-order valence-electron chi connectivity index (χ0n) is 11.3. The second-order valence-corrected chi connectivity index (χ2v) is 5.54. The van der Waals surface area contributed by atoms with E-state index in [1.807, 2.05) is 13.2 Å². The standard InChI is InChI=1S/C14H18N2O2S/c1-9(8-19-3)16(2)14(17)13-7-10-6-11(15)4-5-12(10)18-13/h4-7,9H,8,15H2,1-3H3. The van der Waals surface area contributed by atoms with Gasteiger partial charge in [-0.2, -0.15) is 11.8 Å². The molecular formula is C14H18N2O2S. The average Bonchev–Trinajstić information content (AvgIpc) is 2.80. The maximum atomic E-state index is 12.3. The monoisotopic (exact) mass is 278 g/mol. The fourth-order valence-electron chi connectivity index (χ4n) is 1.89. The van der Waals surface area contributed by atoms with Gasteiger partial charge >= 0.3 is 0 Å². The zero-order valence-corrected chi connectivity index (χ0v) is 12.2. The normalized spacial score (nSPS) is 12.6. The van der Waals surface area contributed by atoms with Crippen LogP contribution in [-0.4, -0.2) is 35.9 Å². The molecule has 1 aromatic carbocycles. The molecule has 102 valence electrons. The Hall–Kier alpha value is -1.62. The summed E-state index contributed by atoms with van der Waals surface area (Å²) in [5, 5.41) is 0.856. The van der Waals surface area contributed by atoms with Gasteiger partial charge in [-0.05, 0) is 37.4 Å². The molecule has 4 nitrogen and oxygen atoms in total. The Morgan fingerprint density at radius 2 is 2.21 bits per heavy atom. The van der Waals surface area contributed by atoms with Gasteiger partial charge in [-0.15, -0.1) is 0 Å². The molecule has 19 heavy (non-hydrogen) atoms. The highest BCUT2D eigenvalue weighted by molar-refractivity contribution is 7.98. The van der Waals surface area contributed by atoms with Crippen LogP contribution in [0.15, 0.2) is 28.7 Å². The Morgan fingerprint density at radius 1 is 1.47 bits per heavy atom. The molecule has 2 rings (SSSR count). The van der Waals surface area contributed by atoms with Gasteiger partial charge in [0.15, 0.2) is 5.76 Å². The van der Waals surface area contributed by atoms with Gasteiger partial charge in [-0.1, -0.05) is 0 Å². The number of hydrogen-bond acceptors (Lipinski definition) is 4. The van der Waals surface area contributed by atoms with Crippen molar-refractivity contribution < 1.29 is 9.21 Å². The minimum atomic E-state index is -0.101. The highest BCUT2D eigenvalue weighted by Crippen LogP contribution is 2.23. The Bertz CT molecular complexity index is 594. The van der Waals surface area contributed by atoms with Crippen molar-refractivity contribution in [1.82, 2.24) is 4.90 Å². The molecule has 0 bridgehead atoms. The third kappa shape index (κ3) is 2.87. The van der Waals surface area contributed by atoms with Crippen molar-refractivity contribution in [1.29, 1.82) is 0 Å². The number of carbonyl (C=O) groups excluding carboxylic acids is 1. The molecule has 0 saturated carbocycles. The largest absolute Gasteiger partial charge is 0.451 e. The number of hydrogen-bond donors (Lipinski definition) is 1. The molecule has 0 spiro atoms. The van der Waals surface area contributed by atoms with E-state index in [0.717, 1.165) is 11.1 Å². The van der Waals surface area contributed by atoms with Gasteiger partial charge in [0, 0.05) is 29.9 Å². The van der Waals surface area contributed by atoms with Crippen LogP contribution in [0.25, 0.3) is 11.0 Å². The fraction of sp³-hybridized carbons (Fsp3) is 0.357. The number of nitrogens with zero attached hydrogens (tertiary/aromatic N) is 1. The number of thioether (sulfide) groups is 1. The summed E-state index contributed by atoms with van der Waals surface area (Å²) in [6, 6.07) is 7.27. The van der Waals surface area contributed by atoms with Gasteiger partial charge in [0.2, 0.25) is 0 Å². The van der Waals surface area contributed by atoms with Crippen LogP contribution in [0.4, 0.5) is 5.69 Å². The van der Waals surface area contributed by atoms with Crippen molar-refractivity contribution in [2.45, 2.75) is 13.0 Å². The summed E-state index contributed by atoms with van der Waals surface area (Å²) in [4.78, 5) is 14.0. The van der Waals surface area contributed by atoms with Crippen LogP contribution in [0.5, 0.6) is 0 Å². The maximum absolute atomic E-state index is 12.3. The predicted molar refractivity (Wildman–Crippen MR) is 80.6 cm³/mol. The number of anilines is 1. The van der Waals surface area contributed by atoms with E-state index < -0.39 is 0 Å². The lowest BCUT2D eigenvalue weighted by Crippen LogP contribution is -2.36. The van der Waals surface area contributed by atoms with Crippen LogP contribution in [0.3, 0.4) is 0 Å². The number of benzene rings is 1. The summed E-state index contributed by atoms with van der Waals surface area (Å²) in [6.07, 6.45) is 2.03. The third-order valence-electron chi connectivity index (χ3n) is 3.14. The molecule has 0 fully saturated rings. The van der Waals surface area contributed by atoms with E-state index in [9.17, 15) is 4.79 Å². The van der Waals surface area contributed by atoms with Crippen LogP contribution in [0.2, 0.25) is 0 Å². The van der Waals surface area contributed by atoms with Crippen LogP contribution in [0, 0.1) is 0 Å². The van der Waals surface area contributed by atoms with Crippen LogP contribution in [0.1, 0.15) is 17.5 Å². The van der Waals surface area contributed by atoms with Crippen molar-refractivity contribution >= 4 is 34.3 Å². The molecule has 2 aromatic rings. The Morgan fingerprint density at radius 3 is 2.89 bits per heavy atom. The lowest BCUT2D eigenvalue weighted by Gasteiger charge is -2.23. The first-order valence-corrected chi connectivity index (χ1v) is 7.47. The van der Waals surface area contributed by atoms with Crippen LogP contribution >= 0.6 is 11.8 Å². The lowest BCUT2D eigenvalue weighted by atomic mass is 10.2. The van der Waals surface area contributed by atoms with Crippen molar-refractivity contribution in [3.63, 3.8) is 0 Å². The minimum absolute atomic E-state index is 0.101. The van der Waals surface area contributed by atoms with Crippen molar-refractivity contribution in [2.24, 2.45) is 0 Å². The molecule has 1 aromatic heterocycles. The molecular weight excluding hydrogens is 260 g/mol. The molecule has 1 atom stereocenters. The topological polar surface area (TPSA) is 59.5 Å². The summed E-state index contributed by atoms with van der Waals surface area (Å²) in [5.41, 5.74) is 7.06. The van der Waals surface area contributed by atoms with Crippen molar-refractivity contribution in [3.05, 3.63) is 30.0 Å². The third-order valence-corrected chi connectivity index (χ3v) is 3.96. The summed E-state index contributed by atoms with van der Waals surface area (Å²) >= 11 is 1.72. The number of amides is 1. The van der Waals surface area contributed by atoms with E-state index in [0.29, 0.717) is 17.0 Å². The molecule has 0 radical (unpaired) electrons. The number of fused-ring (bicyclic) bond motifs is 1. The number of nitrogen functional groups attached to an aromatic ring is 1. The van der Waals surface area contributed by atoms with Crippen molar-refractivity contribution in [2.75, 3.05) is 24.8 Å². The highest BCUT2D eigenvalue weighted by Gasteiger charge is 2.20. The molecule has 0 aliphatic rings. The van der Waals surface area contributed by atoms with Gasteiger partial charge in [-0.3, -0.25) is 4.79 Å². The van der Waals surface area contributed by atoms with E-state index in [-0.39, 0.29) is 11.9 Å². The first kappa shape index (κ1) is 13.8. The molecule has 0 aliphatic carbocycles. The highest BCUT2D eigenvalue weighted by atomic mass is 32.2. The maximum Gasteiger partial charge on any atom is 0.289 e. The smallest absolute Gasteiger partial charge is 0.289 e. The number of rotatable bonds is 4. The SMILES string of the molecule is CSCC(C)N(C)C(=O)c1cc2cc(N)ccc2o1. The summed E-state index contributed by atoms with van der Waals surface area (Å²) in [7, 11) is 1.80. The minimum Gasteiger partial charge on any atom is -0.451 e. The van der Waals surface area contributed by atoms with Gasteiger partial charge in [0.05, 0.1) is 0 Å². The second kappa shape index (κ2) is 5.57. The first-order valence-electron chi connectivity index (χ1n) is 6.08. The molecule has 1 amide bonds. The van der Waals surface area contributed by atoms with E-state index >= 15 is 0 Å². The van der Waals surface area contributed by atoms with Gasteiger partial charge in [0.25, 0.3) is 5.91 Å². The molecule has 1 heterocycles. The van der Waals surface area contributed by atoms with Gasteiger partial charge in [-0.25, -0.2) is 0 Å². The van der Waals surface area contributed by atoms with E-state index in [4.69, 9.17) is 10.2 Å². The lowest BCUT2D eigenvalue weighted by molar-refractivity contribution is 0.0728. The zero-order chi connectivity index (χ0) is 14.0. The molecule has 1 unspecified atom stereocenters. The number of nitrogens with two attached hydrogens (primary N) is 1. The van der Waals surface area contributed by atoms with Gasteiger partial charge in [0.1, 0.15) is 5.58 Å². The van der Waals surface area contributed by atoms with Crippen LogP contribution in [-0.2, 0) is 0 Å². The molecule has 5 heteroatoms. The summed E-state index contributed by atoms with van der Waals surface area (Å²) in [6.45, 7) is 2.02. The van der Waals surface area contributed by atoms with Crippen LogP contribution < -0.4 is 5.73 Å². The number of furan rings is 1. The Balaban J connectivity index is 2.26.